The summed E-state index contributed by atoms with van der Waals surface area (Å²) < 4.78 is 15.6. The molecule has 1 fully saturated rings. The van der Waals surface area contributed by atoms with E-state index in [4.69, 9.17) is 9.47 Å². The Morgan fingerprint density at radius 1 is 1.11 bits per heavy atom. The lowest BCUT2D eigenvalue weighted by molar-refractivity contribution is -0.143. The topological polar surface area (TPSA) is 111 Å². The first-order chi connectivity index (χ1) is 16.8. The Kier molecular flexibility index (Phi) is 8.04. The van der Waals surface area contributed by atoms with Crippen molar-refractivity contribution in [1.29, 1.82) is 0 Å². The van der Waals surface area contributed by atoms with Crippen molar-refractivity contribution in [3.8, 4) is 11.5 Å². The molecule has 0 aliphatic carbocycles. The van der Waals surface area contributed by atoms with Crippen LogP contribution in [0.15, 0.2) is 54.6 Å². The van der Waals surface area contributed by atoms with Crippen LogP contribution >= 0.6 is 0 Å². The van der Waals surface area contributed by atoms with Crippen molar-refractivity contribution in [2.75, 3.05) is 25.7 Å². The summed E-state index contributed by atoms with van der Waals surface area (Å²) in [5.74, 6) is -1.53. The summed E-state index contributed by atoms with van der Waals surface area (Å²) in [4.78, 5) is 50.7. The molecule has 0 saturated carbocycles. The predicted octanol–water partition coefficient (Wildman–Crippen LogP) is 3.20. The van der Waals surface area contributed by atoms with E-state index in [0.29, 0.717) is 29.0 Å². The van der Waals surface area contributed by atoms with Gasteiger partial charge in [0.15, 0.2) is 18.1 Å². The molecule has 2 aromatic carbocycles. The molecule has 4 amide bonds. The molecule has 0 radical (unpaired) electrons. The van der Waals surface area contributed by atoms with E-state index in [0.717, 1.165) is 16.9 Å². The first-order valence-electron chi connectivity index (χ1n) is 10.8. The number of hydrogen-bond acceptors (Lipinski definition) is 7. The van der Waals surface area contributed by atoms with Gasteiger partial charge in [-0.05, 0) is 54.3 Å². The first-order valence-corrected chi connectivity index (χ1v) is 10.8. The van der Waals surface area contributed by atoms with E-state index in [1.54, 1.807) is 30.3 Å². The maximum Gasteiger partial charge on any atom is 0.343 e. The number of nitrogens with zero attached hydrogens (tertiary/aromatic N) is 1. The number of barbiturate groups is 1. The van der Waals surface area contributed by atoms with Crippen molar-refractivity contribution in [2.24, 2.45) is 0 Å². The van der Waals surface area contributed by atoms with E-state index in [1.807, 2.05) is 19.1 Å². The van der Waals surface area contributed by atoms with Gasteiger partial charge in [-0.25, -0.2) is 14.5 Å². The van der Waals surface area contributed by atoms with E-state index < -0.39 is 23.8 Å². The summed E-state index contributed by atoms with van der Waals surface area (Å²) >= 11 is 0. The molecule has 9 nitrogen and oxygen atoms in total. The molecule has 1 aliphatic rings. The maximum atomic E-state index is 13.2. The molecule has 1 heterocycles. The zero-order valence-electron chi connectivity index (χ0n) is 19.8. The number of amides is 4. The summed E-state index contributed by atoms with van der Waals surface area (Å²) in [7, 11) is 2.68. The molecule has 1 aliphatic heterocycles. The molecule has 9 heteroatoms. The van der Waals surface area contributed by atoms with Crippen LogP contribution in [0.25, 0.3) is 6.08 Å². The third-order valence-corrected chi connectivity index (χ3v) is 5.32. The van der Waals surface area contributed by atoms with Crippen LogP contribution < -0.4 is 19.7 Å². The van der Waals surface area contributed by atoms with E-state index in [-0.39, 0.29) is 17.9 Å². The van der Waals surface area contributed by atoms with Crippen LogP contribution in [-0.2, 0) is 32.0 Å². The van der Waals surface area contributed by atoms with Gasteiger partial charge in [0.05, 0.1) is 19.9 Å². The Bertz CT molecular complexity index is 1200. The fraction of sp³-hybridized carbons (Fsp3) is 0.231. The summed E-state index contributed by atoms with van der Waals surface area (Å²) in [6.45, 7) is 5.40. The number of anilines is 1. The predicted molar refractivity (Wildman–Crippen MR) is 129 cm³/mol. The number of nitrogens with one attached hydrogen (secondary N) is 1. The average Bonchev–Trinajstić information content (AvgIpc) is 2.85. The molecule has 182 valence electrons. The largest absolute Gasteiger partial charge is 0.493 e. The number of aryl methyl sites for hydroxylation is 1. The molecule has 1 saturated heterocycles. The Balaban J connectivity index is 2.01. The second-order valence-corrected chi connectivity index (χ2v) is 7.55. The number of benzene rings is 2. The van der Waals surface area contributed by atoms with Crippen molar-refractivity contribution < 1.29 is 33.4 Å². The standard InChI is InChI=1S/C26H26N2O7/c1-5-7-18-12-17(14-21(33-3)23(18)35-15-22(29)34-4)13-20-24(30)27-26(32)28(25(20)31)19-10-8-16(6-2)9-11-19/h5,8-14H,1,6-7,15H2,2-4H3,(H,27,30,32)/b20-13-. The molecule has 0 spiro atoms. The van der Waals surface area contributed by atoms with Gasteiger partial charge < -0.3 is 14.2 Å². The quantitative estimate of drug-likeness (QED) is 0.255. The van der Waals surface area contributed by atoms with Gasteiger partial charge in [-0.3, -0.25) is 14.9 Å². The molecule has 3 rings (SSSR count). The van der Waals surface area contributed by atoms with Crippen LogP contribution in [-0.4, -0.2) is 44.6 Å². The Hall–Kier alpha value is -4.40. The van der Waals surface area contributed by atoms with Gasteiger partial charge in [0.2, 0.25) is 0 Å². The Morgan fingerprint density at radius 3 is 2.43 bits per heavy atom. The van der Waals surface area contributed by atoms with Gasteiger partial charge in [0.25, 0.3) is 11.8 Å². The SMILES string of the molecule is C=CCc1cc(/C=C2/C(=O)NC(=O)N(c3ccc(CC)cc3)C2=O)cc(OC)c1OCC(=O)OC. The number of carbonyl (C=O) groups is 4. The van der Waals surface area contributed by atoms with Crippen LogP contribution in [0.3, 0.4) is 0 Å². The van der Waals surface area contributed by atoms with Gasteiger partial charge in [0, 0.05) is 5.56 Å². The van der Waals surface area contributed by atoms with Gasteiger partial charge in [-0.15, -0.1) is 6.58 Å². The van der Waals surface area contributed by atoms with E-state index >= 15 is 0 Å². The molecular weight excluding hydrogens is 452 g/mol. The number of allylic oxidation sites excluding steroid dienone is 1. The minimum absolute atomic E-state index is 0.223. The molecular formula is C26H26N2O7. The van der Waals surface area contributed by atoms with Crippen molar-refractivity contribution in [2.45, 2.75) is 19.8 Å². The fourth-order valence-corrected chi connectivity index (χ4v) is 3.52. The summed E-state index contributed by atoms with van der Waals surface area (Å²) in [5.41, 5.74) is 2.24. The molecule has 0 bridgehead atoms. The fourth-order valence-electron chi connectivity index (χ4n) is 3.52. The number of imide groups is 2. The molecule has 1 N–H and O–H groups in total. The van der Waals surface area contributed by atoms with Crippen LogP contribution in [0, 0.1) is 0 Å². The van der Waals surface area contributed by atoms with Gasteiger partial charge in [0.1, 0.15) is 5.57 Å². The summed E-state index contributed by atoms with van der Waals surface area (Å²) in [6, 6.07) is 9.36. The van der Waals surface area contributed by atoms with Gasteiger partial charge in [-0.1, -0.05) is 25.1 Å². The number of esters is 1. The summed E-state index contributed by atoms with van der Waals surface area (Å²) in [6.07, 6.45) is 4.17. The highest BCUT2D eigenvalue weighted by atomic mass is 16.6. The second kappa shape index (κ2) is 11.1. The highest BCUT2D eigenvalue weighted by Crippen LogP contribution is 2.35. The lowest BCUT2D eigenvalue weighted by Crippen LogP contribution is -2.54. The van der Waals surface area contributed by atoms with Crippen LogP contribution in [0.4, 0.5) is 10.5 Å². The maximum absolute atomic E-state index is 13.2. The lowest BCUT2D eigenvalue weighted by atomic mass is 10.0. The van der Waals surface area contributed by atoms with Crippen molar-refractivity contribution in [3.05, 3.63) is 71.3 Å². The van der Waals surface area contributed by atoms with E-state index in [9.17, 15) is 19.2 Å². The Morgan fingerprint density at radius 2 is 1.83 bits per heavy atom. The molecule has 0 atom stereocenters. The minimum atomic E-state index is -0.821. The molecule has 0 aromatic heterocycles. The number of rotatable bonds is 9. The lowest BCUT2D eigenvalue weighted by Gasteiger charge is -2.26. The van der Waals surface area contributed by atoms with E-state index in [1.165, 1.54) is 20.3 Å². The van der Waals surface area contributed by atoms with E-state index in [2.05, 4.69) is 16.6 Å². The van der Waals surface area contributed by atoms with Crippen molar-refractivity contribution in [3.63, 3.8) is 0 Å². The van der Waals surface area contributed by atoms with Crippen LogP contribution in [0.2, 0.25) is 0 Å². The third-order valence-electron chi connectivity index (χ3n) is 5.32. The second-order valence-electron chi connectivity index (χ2n) is 7.55. The van der Waals surface area contributed by atoms with Gasteiger partial charge >= 0.3 is 12.0 Å². The van der Waals surface area contributed by atoms with Crippen molar-refractivity contribution in [1.82, 2.24) is 5.32 Å². The monoisotopic (exact) mass is 478 g/mol. The summed E-state index contributed by atoms with van der Waals surface area (Å²) in [5, 5.41) is 2.21. The first kappa shape index (κ1) is 25.2. The molecule has 0 unspecified atom stereocenters. The van der Waals surface area contributed by atoms with Gasteiger partial charge in [-0.2, -0.15) is 0 Å². The van der Waals surface area contributed by atoms with Crippen LogP contribution in [0.5, 0.6) is 11.5 Å². The zero-order valence-corrected chi connectivity index (χ0v) is 19.8. The van der Waals surface area contributed by atoms with Crippen molar-refractivity contribution >= 4 is 35.6 Å². The number of methoxy groups -OCH3 is 2. The highest BCUT2D eigenvalue weighted by Gasteiger charge is 2.36. The molecule has 35 heavy (non-hydrogen) atoms. The third kappa shape index (κ3) is 5.57. The minimum Gasteiger partial charge on any atom is -0.493 e. The average molecular weight is 479 g/mol. The number of carbonyl (C=O) groups excluding carboxylic acids is 4. The number of ether oxygens (including phenoxy) is 3. The smallest absolute Gasteiger partial charge is 0.343 e. The number of urea groups is 1. The Labute approximate surface area is 203 Å². The van der Waals surface area contributed by atoms with Crippen LogP contribution in [0.1, 0.15) is 23.6 Å². The highest BCUT2D eigenvalue weighted by molar-refractivity contribution is 6.39. The molecule has 2 aromatic rings. The zero-order chi connectivity index (χ0) is 25.5. The number of hydrogen-bond donors (Lipinski definition) is 1. The normalized spacial score (nSPS) is 14.5.